The Morgan fingerprint density at radius 3 is 1.30 bits per heavy atom. The smallest absolute Gasteiger partial charge is 0.0289 e. The van der Waals surface area contributed by atoms with Crippen LogP contribution in [0.2, 0.25) is 0 Å². The third kappa shape index (κ3) is 5.63. The van der Waals surface area contributed by atoms with Crippen LogP contribution < -0.4 is 0 Å². The minimum Gasteiger partial charge on any atom is -0.110 e. The first-order valence-electron chi connectivity index (χ1n) is 4.07. The van der Waals surface area contributed by atoms with Gasteiger partial charge in [0.05, 0.1) is 0 Å². The van der Waals surface area contributed by atoms with Gasteiger partial charge in [0.15, 0.2) is 0 Å². The molecule has 0 amide bonds. The number of hydrogen-bond donors (Lipinski definition) is 0. The van der Waals surface area contributed by atoms with Gasteiger partial charge >= 0.3 is 0 Å². The molecule has 0 aliphatic carbocycles. The standard InChI is InChI=1S/C8H20P2/c1-5-9(3)7-8-10(4)6-2/h5-8H2,1-4H3. The molecule has 0 fully saturated rings. The Bertz CT molecular complexity index is 63.7. The van der Waals surface area contributed by atoms with Crippen molar-refractivity contribution in [2.45, 2.75) is 13.8 Å². The van der Waals surface area contributed by atoms with Gasteiger partial charge in [0.1, 0.15) is 0 Å². The summed E-state index contributed by atoms with van der Waals surface area (Å²) in [4.78, 5) is 0. The topological polar surface area (TPSA) is 0 Å². The Balaban J connectivity index is 3.17. The van der Waals surface area contributed by atoms with E-state index in [1.807, 2.05) is 0 Å². The number of rotatable bonds is 5. The van der Waals surface area contributed by atoms with E-state index in [1.165, 1.54) is 24.6 Å². The molecule has 0 nitrogen and oxygen atoms in total. The second-order valence-electron chi connectivity index (χ2n) is 2.79. The van der Waals surface area contributed by atoms with Crippen LogP contribution in [0, 0.1) is 0 Å². The van der Waals surface area contributed by atoms with Crippen molar-refractivity contribution in [1.82, 2.24) is 0 Å². The Morgan fingerprint density at radius 1 is 0.800 bits per heavy atom. The molecule has 0 heterocycles. The fourth-order valence-corrected chi connectivity index (χ4v) is 4.02. The van der Waals surface area contributed by atoms with Crippen LogP contribution in [-0.4, -0.2) is 38.0 Å². The van der Waals surface area contributed by atoms with Gasteiger partial charge in [-0.05, 0) is 38.0 Å². The molecule has 2 unspecified atom stereocenters. The molecule has 0 aromatic carbocycles. The van der Waals surface area contributed by atoms with Crippen LogP contribution in [-0.2, 0) is 0 Å². The Labute approximate surface area is 68.3 Å². The first kappa shape index (κ1) is 10.9. The lowest BCUT2D eigenvalue weighted by atomic mass is 10.9. The Kier molecular flexibility index (Phi) is 7.13. The van der Waals surface area contributed by atoms with Gasteiger partial charge in [-0.1, -0.05) is 13.8 Å². The SMILES string of the molecule is CCP(C)CCP(C)CC. The van der Waals surface area contributed by atoms with E-state index in [2.05, 4.69) is 27.2 Å². The van der Waals surface area contributed by atoms with Crippen molar-refractivity contribution in [3.05, 3.63) is 0 Å². The molecular formula is C8H20P2. The minimum absolute atomic E-state index is 0.400. The normalized spacial score (nSPS) is 16.8. The van der Waals surface area contributed by atoms with Gasteiger partial charge in [-0.25, -0.2) is 0 Å². The van der Waals surface area contributed by atoms with Gasteiger partial charge in [0.25, 0.3) is 0 Å². The van der Waals surface area contributed by atoms with E-state index in [4.69, 9.17) is 0 Å². The van der Waals surface area contributed by atoms with E-state index in [0.717, 1.165) is 0 Å². The maximum Gasteiger partial charge on any atom is -0.0289 e. The molecule has 0 aromatic heterocycles. The molecule has 0 rings (SSSR count). The molecule has 0 aliphatic rings. The summed E-state index contributed by atoms with van der Waals surface area (Å²) >= 11 is 0. The quantitative estimate of drug-likeness (QED) is 0.567. The van der Waals surface area contributed by atoms with Crippen molar-refractivity contribution < 1.29 is 0 Å². The van der Waals surface area contributed by atoms with Gasteiger partial charge in [0.2, 0.25) is 0 Å². The third-order valence-electron chi connectivity index (χ3n) is 1.94. The average Bonchev–Trinajstić information content (AvgIpc) is 1.99. The van der Waals surface area contributed by atoms with Crippen molar-refractivity contribution in [2.75, 3.05) is 38.0 Å². The van der Waals surface area contributed by atoms with Crippen LogP contribution in [0.3, 0.4) is 0 Å². The lowest BCUT2D eigenvalue weighted by molar-refractivity contribution is 1.38. The molecule has 0 saturated heterocycles. The van der Waals surface area contributed by atoms with Crippen molar-refractivity contribution in [3.8, 4) is 0 Å². The molecule has 2 heteroatoms. The van der Waals surface area contributed by atoms with E-state index in [-0.39, 0.29) is 0 Å². The van der Waals surface area contributed by atoms with E-state index < -0.39 is 0 Å². The first-order valence-corrected chi connectivity index (χ1v) is 8.39. The molecule has 62 valence electrons. The molecular weight excluding hydrogens is 158 g/mol. The zero-order valence-corrected chi connectivity index (χ0v) is 9.51. The maximum absolute atomic E-state index is 2.42. The molecule has 0 saturated carbocycles. The Morgan fingerprint density at radius 2 is 1.10 bits per heavy atom. The van der Waals surface area contributed by atoms with E-state index in [9.17, 15) is 0 Å². The predicted octanol–water partition coefficient (Wildman–Crippen LogP) is 3.25. The second-order valence-corrected chi connectivity index (χ2v) is 8.38. The highest BCUT2D eigenvalue weighted by Crippen LogP contribution is 2.37. The lowest BCUT2D eigenvalue weighted by Crippen LogP contribution is -1.92. The van der Waals surface area contributed by atoms with Gasteiger partial charge in [-0.2, -0.15) is 0 Å². The molecule has 0 radical (unpaired) electrons. The average molecular weight is 178 g/mol. The summed E-state index contributed by atoms with van der Waals surface area (Å²) in [5.41, 5.74) is 0. The van der Waals surface area contributed by atoms with Crippen LogP contribution in [0.5, 0.6) is 0 Å². The van der Waals surface area contributed by atoms with Crippen LogP contribution >= 0.6 is 15.8 Å². The molecule has 2 atom stereocenters. The van der Waals surface area contributed by atoms with Crippen LogP contribution in [0.15, 0.2) is 0 Å². The molecule has 10 heavy (non-hydrogen) atoms. The monoisotopic (exact) mass is 178 g/mol. The first-order chi connectivity index (χ1) is 4.70. The van der Waals surface area contributed by atoms with Gasteiger partial charge < -0.3 is 0 Å². The maximum atomic E-state index is 2.42. The third-order valence-corrected chi connectivity index (χ3v) is 6.43. The van der Waals surface area contributed by atoms with Crippen molar-refractivity contribution in [1.29, 1.82) is 0 Å². The van der Waals surface area contributed by atoms with Crippen LogP contribution in [0.4, 0.5) is 0 Å². The predicted molar refractivity (Wildman–Crippen MR) is 56.5 cm³/mol. The molecule has 0 aromatic rings. The summed E-state index contributed by atoms with van der Waals surface area (Å²) in [5.74, 6) is 0. The zero-order chi connectivity index (χ0) is 7.98. The second kappa shape index (κ2) is 6.56. The van der Waals surface area contributed by atoms with Crippen molar-refractivity contribution in [2.24, 2.45) is 0 Å². The van der Waals surface area contributed by atoms with Crippen LogP contribution in [0.1, 0.15) is 13.8 Å². The largest absolute Gasteiger partial charge is 0.110 e. The fraction of sp³-hybridized carbons (Fsp3) is 1.00. The number of hydrogen-bond acceptors (Lipinski definition) is 0. The highest BCUT2D eigenvalue weighted by Gasteiger charge is 2.00. The van der Waals surface area contributed by atoms with Crippen molar-refractivity contribution in [3.63, 3.8) is 0 Å². The van der Waals surface area contributed by atoms with Gasteiger partial charge in [0, 0.05) is 0 Å². The highest BCUT2D eigenvalue weighted by atomic mass is 31.1. The zero-order valence-electron chi connectivity index (χ0n) is 7.72. The molecule has 0 bridgehead atoms. The van der Waals surface area contributed by atoms with E-state index in [1.54, 1.807) is 0 Å². The summed E-state index contributed by atoms with van der Waals surface area (Å²) in [6, 6.07) is 0. The van der Waals surface area contributed by atoms with E-state index in [0.29, 0.717) is 15.8 Å². The molecule has 0 spiro atoms. The van der Waals surface area contributed by atoms with Gasteiger partial charge in [-0.3, -0.25) is 0 Å². The Hall–Kier alpha value is 0.860. The minimum atomic E-state index is 0.400. The highest BCUT2D eigenvalue weighted by molar-refractivity contribution is 7.60. The van der Waals surface area contributed by atoms with E-state index >= 15 is 0 Å². The molecule has 0 aliphatic heterocycles. The lowest BCUT2D eigenvalue weighted by Gasteiger charge is -2.12. The molecule has 0 N–H and O–H groups in total. The summed E-state index contributed by atoms with van der Waals surface area (Å²) < 4.78 is 0. The summed E-state index contributed by atoms with van der Waals surface area (Å²) in [6.07, 6.45) is 5.87. The van der Waals surface area contributed by atoms with Crippen LogP contribution in [0.25, 0.3) is 0 Å². The summed E-state index contributed by atoms with van der Waals surface area (Å²) in [5, 5.41) is 0. The van der Waals surface area contributed by atoms with Crippen molar-refractivity contribution >= 4 is 15.8 Å². The fourth-order valence-electron chi connectivity index (χ4n) is 0.658. The summed E-state index contributed by atoms with van der Waals surface area (Å²) in [6.45, 7) is 9.48. The van der Waals surface area contributed by atoms with Gasteiger partial charge in [-0.15, -0.1) is 15.8 Å². The summed E-state index contributed by atoms with van der Waals surface area (Å²) in [7, 11) is 0.799.